The van der Waals surface area contributed by atoms with Crippen LogP contribution in [0, 0.1) is 18.7 Å². The maximum absolute atomic E-state index is 13.4. The van der Waals surface area contributed by atoms with Crippen molar-refractivity contribution in [3.05, 3.63) is 29.6 Å². The van der Waals surface area contributed by atoms with Crippen molar-refractivity contribution in [1.82, 2.24) is 9.80 Å². The van der Waals surface area contributed by atoms with Crippen molar-refractivity contribution in [3.63, 3.8) is 0 Å². The summed E-state index contributed by atoms with van der Waals surface area (Å²) in [5.41, 5.74) is 2.24. The zero-order chi connectivity index (χ0) is 19.5. The first-order chi connectivity index (χ1) is 13.6. The van der Waals surface area contributed by atoms with E-state index in [0.717, 1.165) is 44.6 Å². The molecule has 0 spiro atoms. The summed E-state index contributed by atoms with van der Waals surface area (Å²) in [6.07, 6.45) is 7.35. The number of halogens is 1. The molecule has 0 saturated carbocycles. The lowest BCUT2D eigenvalue weighted by molar-refractivity contribution is 0.0368. The Balaban J connectivity index is 1.29. The Hall–Kier alpha value is -1.17. The molecule has 0 aliphatic carbocycles. The summed E-state index contributed by atoms with van der Waals surface area (Å²) in [7, 11) is 0. The van der Waals surface area contributed by atoms with Crippen molar-refractivity contribution in [1.29, 1.82) is 0 Å². The van der Waals surface area contributed by atoms with E-state index in [1.165, 1.54) is 44.5 Å². The summed E-state index contributed by atoms with van der Waals surface area (Å²) >= 11 is 0. The normalized spacial score (nSPS) is 26.7. The molecule has 1 aromatic carbocycles. The zero-order valence-corrected chi connectivity index (χ0v) is 17.3. The van der Waals surface area contributed by atoms with Gasteiger partial charge in [0.2, 0.25) is 0 Å². The van der Waals surface area contributed by atoms with Crippen molar-refractivity contribution < 1.29 is 9.50 Å². The lowest BCUT2D eigenvalue weighted by Crippen LogP contribution is -2.54. The molecule has 0 amide bonds. The van der Waals surface area contributed by atoms with Crippen LogP contribution in [0.1, 0.15) is 44.1 Å². The fourth-order valence-corrected chi connectivity index (χ4v) is 5.56. The Kier molecular flexibility index (Phi) is 6.54. The van der Waals surface area contributed by atoms with Crippen LogP contribution in [0.5, 0.6) is 0 Å². The molecular formula is C23H36FN3O. The van der Waals surface area contributed by atoms with Gasteiger partial charge in [-0.05, 0) is 94.8 Å². The maximum Gasteiger partial charge on any atom is 0.123 e. The Bertz CT molecular complexity index is 639. The van der Waals surface area contributed by atoms with Crippen molar-refractivity contribution in [2.75, 3.05) is 50.8 Å². The zero-order valence-electron chi connectivity index (χ0n) is 17.3. The van der Waals surface area contributed by atoms with Crippen LogP contribution in [0.15, 0.2) is 18.2 Å². The molecule has 1 atom stereocenters. The highest BCUT2D eigenvalue weighted by Gasteiger charge is 2.32. The number of piperidine rings is 3. The van der Waals surface area contributed by atoms with Crippen LogP contribution in [-0.4, -0.2) is 72.9 Å². The standard InChI is InChI=1S/C23H36FN3O/c1-18-15-20(24)4-5-23(18)26-13-8-21(9-14-26)27-10-2-3-22(16-27)25-11-6-19(17-28)7-12-25/h4-5,15,19,21-22,28H,2-3,6-14,16-17H2,1H3/t22-/m1/s1. The molecular weight excluding hydrogens is 353 g/mol. The first kappa shape index (κ1) is 20.1. The fourth-order valence-electron chi connectivity index (χ4n) is 5.56. The number of rotatable bonds is 4. The number of likely N-dealkylation sites (tertiary alicyclic amines) is 2. The fraction of sp³-hybridized carbons (Fsp3) is 0.739. The highest BCUT2D eigenvalue weighted by molar-refractivity contribution is 5.53. The van der Waals surface area contributed by atoms with Crippen molar-refractivity contribution in [2.24, 2.45) is 5.92 Å². The predicted octanol–water partition coefficient (Wildman–Crippen LogP) is 3.27. The SMILES string of the molecule is Cc1cc(F)ccc1N1CCC(N2CCC[C@@H](N3CCC(CO)CC3)C2)CC1. The van der Waals surface area contributed by atoms with Gasteiger partial charge < -0.3 is 10.0 Å². The molecule has 1 N–H and O–H groups in total. The van der Waals surface area contributed by atoms with Gasteiger partial charge in [-0.25, -0.2) is 4.39 Å². The Labute approximate surface area is 169 Å². The summed E-state index contributed by atoms with van der Waals surface area (Å²) < 4.78 is 13.4. The number of anilines is 1. The highest BCUT2D eigenvalue weighted by atomic mass is 19.1. The minimum absolute atomic E-state index is 0.140. The van der Waals surface area contributed by atoms with Crippen molar-refractivity contribution in [3.8, 4) is 0 Å². The number of aliphatic hydroxyl groups is 1. The number of nitrogens with zero attached hydrogens (tertiary/aromatic N) is 3. The van der Waals surface area contributed by atoms with Gasteiger partial charge in [-0.15, -0.1) is 0 Å². The van der Waals surface area contributed by atoms with Crippen LogP contribution in [-0.2, 0) is 0 Å². The van der Waals surface area contributed by atoms with Gasteiger partial charge in [-0.1, -0.05) is 0 Å². The van der Waals surface area contributed by atoms with E-state index in [1.54, 1.807) is 12.1 Å². The molecule has 3 saturated heterocycles. The van der Waals surface area contributed by atoms with Gasteiger partial charge in [0.05, 0.1) is 0 Å². The molecule has 3 heterocycles. The minimum atomic E-state index is -0.140. The molecule has 3 aliphatic heterocycles. The van der Waals surface area contributed by atoms with Gasteiger partial charge in [0.15, 0.2) is 0 Å². The van der Waals surface area contributed by atoms with Crippen LogP contribution in [0.4, 0.5) is 10.1 Å². The average molecular weight is 390 g/mol. The molecule has 0 bridgehead atoms. The van der Waals surface area contributed by atoms with E-state index in [9.17, 15) is 9.50 Å². The van der Waals surface area contributed by atoms with Gasteiger partial charge in [-0.3, -0.25) is 9.80 Å². The number of hydrogen-bond donors (Lipinski definition) is 1. The molecule has 3 fully saturated rings. The Morgan fingerprint density at radius 2 is 1.68 bits per heavy atom. The number of aliphatic hydroxyl groups excluding tert-OH is 1. The summed E-state index contributed by atoms with van der Waals surface area (Å²) in [6, 6.07) is 6.57. The Morgan fingerprint density at radius 1 is 0.929 bits per heavy atom. The predicted molar refractivity (Wildman–Crippen MR) is 112 cm³/mol. The second-order valence-corrected chi connectivity index (χ2v) is 9.10. The van der Waals surface area contributed by atoms with E-state index in [0.29, 0.717) is 24.6 Å². The molecule has 3 aliphatic rings. The van der Waals surface area contributed by atoms with Gasteiger partial charge in [0.1, 0.15) is 5.82 Å². The second-order valence-electron chi connectivity index (χ2n) is 9.10. The molecule has 1 aromatic rings. The van der Waals surface area contributed by atoms with Crippen LogP contribution in [0.3, 0.4) is 0 Å². The summed E-state index contributed by atoms with van der Waals surface area (Å²) in [6.45, 7) is 9.28. The average Bonchev–Trinajstić information content (AvgIpc) is 2.74. The van der Waals surface area contributed by atoms with Crippen LogP contribution in [0.25, 0.3) is 0 Å². The van der Waals surface area contributed by atoms with Crippen molar-refractivity contribution in [2.45, 2.75) is 57.5 Å². The van der Waals surface area contributed by atoms with E-state index in [2.05, 4.69) is 14.7 Å². The third-order valence-electron chi connectivity index (χ3n) is 7.33. The molecule has 156 valence electrons. The smallest absolute Gasteiger partial charge is 0.123 e. The monoisotopic (exact) mass is 389 g/mol. The van der Waals surface area contributed by atoms with E-state index in [4.69, 9.17) is 0 Å². The van der Waals surface area contributed by atoms with Crippen LogP contribution < -0.4 is 4.90 Å². The van der Waals surface area contributed by atoms with Crippen LogP contribution in [0.2, 0.25) is 0 Å². The second kappa shape index (κ2) is 9.10. The van der Waals surface area contributed by atoms with E-state index in [1.807, 2.05) is 13.0 Å². The number of benzene rings is 1. The largest absolute Gasteiger partial charge is 0.396 e. The summed E-state index contributed by atoms with van der Waals surface area (Å²) in [4.78, 5) is 7.88. The Morgan fingerprint density at radius 3 is 2.36 bits per heavy atom. The minimum Gasteiger partial charge on any atom is -0.396 e. The van der Waals surface area contributed by atoms with Gasteiger partial charge >= 0.3 is 0 Å². The summed E-state index contributed by atoms with van der Waals surface area (Å²) in [5, 5.41) is 9.38. The maximum atomic E-state index is 13.4. The topological polar surface area (TPSA) is 30.0 Å². The number of aryl methyl sites for hydroxylation is 1. The molecule has 0 aromatic heterocycles. The van der Waals surface area contributed by atoms with Crippen molar-refractivity contribution >= 4 is 5.69 Å². The molecule has 5 heteroatoms. The van der Waals surface area contributed by atoms with Gasteiger partial charge in [-0.2, -0.15) is 0 Å². The van der Waals surface area contributed by atoms with E-state index < -0.39 is 0 Å². The number of hydrogen-bond acceptors (Lipinski definition) is 4. The van der Waals surface area contributed by atoms with Gasteiger partial charge in [0.25, 0.3) is 0 Å². The molecule has 4 rings (SSSR count). The van der Waals surface area contributed by atoms with Crippen LogP contribution >= 0.6 is 0 Å². The van der Waals surface area contributed by atoms with Gasteiger partial charge in [0, 0.05) is 44.0 Å². The lowest BCUT2D eigenvalue weighted by atomic mass is 9.93. The first-order valence-electron chi connectivity index (χ1n) is 11.2. The first-order valence-corrected chi connectivity index (χ1v) is 11.2. The third-order valence-corrected chi connectivity index (χ3v) is 7.33. The molecule has 0 radical (unpaired) electrons. The third kappa shape index (κ3) is 4.52. The highest BCUT2D eigenvalue weighted by Crippen LogP contribution is 2.29. The van der Waals surface area contributed by atoms with E-state index in [-0.39, 0.29) is 5.82 Å². The molecule has 4 nitrogen and oxygen atoms in total. The molecule has 28 heavy (non-hydrogen) atoms. The quantitative estimate of drug-likeness (QED) is 0.856. The lowest BCUT2D eigenvalue weighted by Gasteiger charge is -2.46. The molecule has 0 unspecified atom stereocenters. The summed E-state index contributed by atoms with van der Waals surface area (Å²) in [5.74, 6) is 0.383. The van der Waals surface area contributed by atoms with E-state index >= 15 is 0 Å².